The first kappa shape index (κ1) is 20.5. The molecule has 3 rings (SSSR count). The van der Waals surface area contributed by atoms with Crippen molar-refractivity contribution in [2.75, 3.05) is 5.32 Å². The highest BCUT2D eigenvalue weighted by molar-refractivity contribution is 9.10. The highest BCUT2D eigenvalue weighted by Gasteiger charge is 2.27. The number of hydrogen-bond donors (Lipinski definition) is 1. The van der Waals surface area contributed by atoms with Gasteiger partial charge in [0.05, 0.1) is 34.9 Å². The third kappa shape index (κ3) is 4.99. The smallest absolute Gasteiger partial charge is 0.390 e. The normalized spacial score (nSPS) is 11.8. The molecule has 1 N–H and O–H groups in total. The number of aryl methyl sites for hydroxylation is 1. The Labute approximate surface area is 174 Å². The number of aromatic nitrogens is 4. The lowest BCUT2D eigenvalue weighted by molar-refractivity contribution is -0.389. The summed E-state index contributed by atoms with van der Waals surface area (Å²) in [6.45, 7) is 3.67. The van der Waals surface area contributed by atoms with Gasteiger partial charge in [-0.1, -0.05) is 22.9 Å². The molecule has 0 saturated carbocycles. The number of nitro groups is 1. The maximum atomic E-state index is 12.7. The van der Waals surface area contributed by atoms with E-state index in [4.69, 9.17) is 4.74 Å². The first-order valence-corrected chi connectivity index (χ1v) is 9.59. The maximum absolute atomic E-state index is 12.7. The van der Waals surface area contributed by atoms with Crippen molar-refractivity contribution in [3.05, 3.63) is 63.0 Å². The van der Waals surface area contributed by atoms with Gasteiger partial charge >= 0.3 is 5.82 Å². The van der Waals surface area contributed by atoms with Crippen LogP contribution in [0.25, 0.3) is 0 Å². The number of nitrogens with zero attached hydrogens (tertiary/aromatic N) is 5. The lowest BCUT2D eigenvalue weighted by Crippen LogP contribution is -2.27. The average Bonchev–Trinajstić information content (AvgIpc) is 3.29. The maximum Gasteiger partial charge on any atom is 0.390 e. The summed E-state index contributed by atoms with van der Waals surface area (Å²) in [7, 11) is 0. The molecular weight excluding hydrogens is 444 g/mol. The Morgan fingerprint density at radius 3 is 2.72 bits per heavy atom. The van der Waals surface area contributed by atoms with Crippen LogP contribution in [-0.4, -0.2) is 30.4 Å². The van der Waals surface area contributed by atoms with Crippen molar-refractivity contribution in [3.63, 3.8) is 0 Å². The van der Waals surface area contributed by atoms with E-state index >= 15 is 0 Å². The number of halogens is 1. The number of anilines is 1. The summed E-state index contributed by atoms with van der Waals surface area (Å²) in [5, 5.41) is 21.8. The molecule has 29 heavy (non-hydrogen) atoms. The van der Waals surface area contributed by atoms with Crippen molar-refractivity contribution in [3.8, 4) is 5.75 Å². The van der Waals surface area contributed by atoms with Gasteiger partial charge in [-0.2, -0.15) is 9.78 Å². The largest absolute Gasteiger partial charge is 0.471 e. The Kier molecular flexibility index (Phi) is 6.27. The van der Waals surface area contributed by atoms with Crippen molar-refractivity contribution in [2.45, 2.75) is 33.0 Å². The molecular formula is C18H19BrN6O4. The van der Waals surface area contributed by atoms with E-state index in [0.29, 0.717) is 23.6 Å². The molecule has 0 aliphatic rings. The van der Waals surface area contributed by atoms with Gasteiger partial charge in [-0.25, -0.2) is 4.68 Å². The Balaban J connectivity index is 1.64. The van der Waals surface area contributed by atoms with Gasteiger partial charge in [-0.3, -0.25) is 4.79 Å². The van der Waals surface area contributed by atoms with Gasteiger partial charge in [0.15, 0.2) is 12.8 Å². The van der Waals surface area contributed by atoms with E-state index in [1.54, 1.807) is 17.8 Å². The van der Waals surface area contributed by atoms with Crippen LogP contribution >= 0.6 is 15.9 Å². The predicted molar refractivity (Wildman–Crippen MR) is 109 cm³/mol. The monoisotopic (exact) mass is 462 g/mol. The fraction of sp³-hybridized carbons (Fsp3) is 0.278. The molecule has 152 valence electrons. The molecule has 1 aromatic carbocycles. The quantitative estimate of drug-likeness (QED) is 0.402. The fourth-order valence-electron chi connectivity index (χ4n) is 2.74. The molecule has 0 radical (unpaired) electrons. The Hall–Kier alpha value is -3.21. The lowest BCUT2D eigenvalue weighted by atomic mass is 10.2. The molecule has 0 spiro atoms. The molecule has 0 fully saturated rings. The zero-order chi connectivity index (χ0) is 21.0. The summed E-state index contributed by atoms with van der Waals surface area (Å²) in [6, 6.07) is 8.06. The van der Waals surface area contributed by atoms with E-state index in [2.05, 4.69) is 31.4 Å². The SMILES string of the molecule is CCC(C(=O)Nc1cnn(COc2ccc(Br)cc2)c1)n1nc([N+](=O)[O-])cc1C. The number of amides is 1. The van der Waals surface area contributed by atoms with Gasteiger partial charge in [0, 0.05) is 4.47 Å². The molecule has 2 heterocycles. The third-order valence-corrected chi connectivity index (χ3v) is 4.69. The zero-order valence-electron chi connectivity index (χ0n) is 15.8. The summed E-state index contributed by atoms with van der Waals surface area (Å²) in [4.78, 5) is 23.0. The van der Waals surface area contributed by atoms with E-state index in [9.17, 15) is 14.9 Å². The van der Waals surface area contributed by atoms with E-state index in [1.807, 2.05) is 31.2 Å². The summed E-state index contributed by atoms with van der Waals surface area (Å²) in [5.74, 6) is 0.0738. The molecule has 3 aromatic rings. The zero-order valence-corrected chi connectivity index (χ0v) is 17.4. The molecule has 1 atom stereocenters. The minimum absolute atomic E-state index is 0.180. The molecule has 1 amide bonds. The second-order valence-electron chi connectivity index (χ2n) is 6.25. The summed E-state index contributed by atoms with van der Waals surface area (Å²) in [5.41, 5.74) is 1.03. The van der Waals surface area contributed by atoms with Gasteiger partial charge in [-0.05, 0) is 42.5 Å². The number of nitrogens with one attached hydrogen (secondary N) is 1. The van der Waals surface area contributed by atoms with E-state index in [0.717, 1.165) is 4.47 Å². The average molecular weight is 463 g/mol. The molecule has 1 unspecified atom stereocenters. The van der Waals surface area contributed by atoms with E-state index in [1.165, 1.54) is 16.9 Å². The second kappa shape index (κ2) is 8.86. The van der Waals surface area contributed by atoms with Crippen LogP contribution in [-0.2, 0) is 11.5 Å². The molecule has 11 heteroatoms. The minimum Gasteiger partial charge on any atom is -0.471 e. The van der Waals surface area contributed by atoms with Crippen molar-refractivity contribution in [2.24, 2.45) is 0 Å². The predicted octanol–water partition coefficient (Wildman–Crippen LogP) is 3.69. The number of hydrogen-bond acceptors (Lipinski definition) is 6. The molecule has 0 bridgehead atoms. The Morgan fingerprint density at radius 2 is 2.10 bits per heavy atom. The summed E-state index contributed by atoms with van der Waals surface area (Å²) >= 11 is 3.36. The van der Waals surface area contributed by atoms with Crippen LogP contribution in [0.2, 0.25) is 0 Å². The van der Waals surface area contributed by atoms with Crippen molar-refractivity contribution < 1.29 is 14.5 Å². The topological polar surface area (TPSA) is 117 Å². The third-order valence-electron chi connectivity index (χ3n) is 4.16. The number of carbonyl (C=O) groups is 1. The summed E-state index contributed by atoms with van der Waals surface area (Å²) < 4.78 is 9.50. The minimum atomic E-state index is -0.675. The van der Waals surface area contributed by atoms with Gasteiger partial charge in [0.1, 0.15) is 5.75 Å². The Bertz CT molecular complexity index is 1010. The van der Waals surface area contributed by atoms with Crippen LogP contribution in [0.5, 0.6) is 5.75 Å². The highest BCUT2D eigenvalue weighted by Crippen LogP contribution is 2.21. The van der Waals surface area contributed by atoms with Gasteiger partial charge in [0.2, 0.25) is 0 Å². The van der Waals surface area contributed by atoms with E-state index < -0.39 is 11.0 Å². The van der Waals surface area contributed by atoms with Crippen molar-refractivity contribution in [1.29, 1.82) is 0 Å². The highest BCUT2D eigenvalue weighted by atomic mass is 79.9. The fourth-order valence-corrected chi connectivity index (χ4v) is 3.01. The van der Waals surface area contributed by atoms with Crippen molar-refractivity contribution >= 4 is 33.3 Å². The molecule has 0 aliphatic heterocycles. The second-order valence-corrected chi connectivity index (χ2v) is 7.17. The van der Waals surface area contributed by atoms with Gasteiger partial charge in [0.25, 0.3) is 5.91 Å². The van der Waals surface area contributed by atoms with Crippen LogP contribution in [0.4, 0.5) is 11.5 Å². The molecule has 10 nitrogen and oxygen atoms in total. The van der Waals surface area contributed by atoms with Gasteiger partial charge < -0.3 is 20.2 Å². The molecule has 0 saturated heterocycles. The van der Waals surface area contributed by atoms with Gasteiger partial charge in [-0.15, -0.1) is 0 Å². The number of carbonyl (C=O) groups excluding carboxylic acids is 1. The number of rotatable bonds is 8. The molecule has 2 aromatic heterocycles. The Morgan fingerprint density at radius 1 is 1.38 bits per heavy atom. The lowest BCUT2D eigenvalue weighted by Gasteiger charge is -2.13. The number of ether oxygens (including phenoxy) is 1. The first-order valence-electron chi connectivity index (χ1n) is 8.79. The molecule has 0 aliphatic carbocycles. The van der Waals surface area contributed by atoms with Crippen LogP contribution in [0, 0.1) is 17.0 Å². The van der Waals surface area contributed by atoms with Crippen LogP contribution < -0.4 is 10.1 Å². The van der Waals surface area contributed by atoms with Crippen LogP contribution in [0.3, 0.4) is 0 Å². The standard InChI is InChI=1S/C18H19BrN6O4/c1-3-16(24-12(2)8-17(22-24)25(27)28)18(26)21-14-9-20-23(10-14)11-29-15-6-4-13(19)5-7-15/h4-10,16H,3,11H2,1-2H3,(H,21,26). The van der Waals surface area contributed by atoms with E-state index in [-0.39, 0.29) is 18.5 Å². The van der Waals surface area contributed by atoms with Crippen LogP contribution in [0.15, 0.2) is 47.2 Å². The first-order chi connectivity index (χ1) is 13.9. The van der Waals surface area contributed by atoms with Crippen LogP contribution in [0.1, 0.15) is 25.1 Å². The van der Waals surface area contributed by atoms with Crippen molar-refractivity contribution in [1.82, 2.24) is 19.6 Å². The summed E-state index contributed by atoms with van der Waals surface area (Å²) in [6.07, 6.45) is 3.57. The number of benzene rings is 1.